The molecule has 0 aromatic carbocycles. The van der Waals surface area contributed by atoms with Gasteiger partial charge in [0.25, 0.3) is 0 Å². The highest BCUT2D eigenvalue weighted by atomic mass is 32.2. The average Bonchev–Trinajstić information content (AvgIpc) is 2.79. The van der Waals surface area contributed by atoms with Crippen molar-refractivity contribution in [1.29, 1.82) is 0 Å². The highest BCUT2D eigenvalue weighted by Gasteiger charge is 2.38. The monoisotopic (exact) mass is 260 g/mol. The Hall–Kier alpha value is -0.620. The van der Waals surface area contributed by atoms with Crippen LogP contribution in [-0.4, -0.2) is 56.4 Å². The molecule has 2 aliphatic rings. The topological polar surface area (TPSA) is 66.5 Å². The van der Waals surface area contributed by atoms with Gasteiger partial charge in [0.05, 0.1) is 11.3 Å². The molecule has 0 aromatic heterocycles. The van der Waals surface area contributed by atoms with Crippen molar-refractivity contribution < 1.29 is 13.2 Å². The first-order valence-corrected chi connectivity index (χ1v) is 8.05. The van der Waals surface area contributed by atoms with Crippen molar-refractivity contribution in [2.75, 3.05) is 19.8 Å². The molecule has 2 fully saturated rings. The van der Waals surface area contributed by atoms with Gasteiger partial charge in [-0.15, -0.1) is 0 Å². The van der Waals surface area contributed by atoms with Gasteiger partial charge in [-0.05, 0) is 19.3 Å². The van der Waals surface area contributed by atoms with Crippen LogP contribution < -0.4 is 5.32 Å². The molecule has 3 unspecified atom stereocenters. The van der Waals surface area contributed by atoms with Crippen LogP contribution in [-0.2, 0) is 14.6 Å². The van der Waals surface area contributed by atoms with Crippen molar-refractivity contribution in [1.82, 2.24) is 10.2 Å². The molecule has 6 heteroatoms. The summed E-state index contributed by atoms with van der Waals surface area (Å²) < 4.78 is 23.3. The van der Waals surface area contributed by atoms with Crippen LogP contribution in [0.5, 0.6) is 0 Å². The largest absolute Gasteiger partial charge is 0.344 e. The first-order valence-electron chi connectivity index (χ1n) is 6.09. The number of hydrogen-bond donors (Lipinski definition) is 1. The summed E-state index contributed by atoms with van der Waals surface area (Å²) in [5, 5.41) is 2.93. The van der Waals surface area contributed by atoms with Gasteiger partial charge in [0, 0.05) is 25.9 Å². The van der Waals surface area contributed by atoms with Crippen molar-refractivity contribution in [3.63, 3.8) is 0 Å². The molecule has 5 nitrogen and oxygen atoms in total. The summed E-state index contributed by atoms with van der Waals surface area (Å²) in [5.74, 6) is 0.0872. The summed E-state index contributed by atoms with van der Waals surface area (Å²) in [6.07, 6.45) is 4.56. The van der Waals surface area contributed by atoms with E-state index in [0.29, 0.717) is 6.42 Å². The minimum absolute atomic E-state index is 0.0505. The Morgan fingerprint density at radius 2 is 2.00 bits per heavy atom. The molecule has 1 amide bonds. The maximum absolute atomic E-state index is 11.8. The summed E-state index contributed by atoms with van der Waals surface area (Å²) in [7, 11) is -1.23. The summed E-state index contributed by atoms with van der Waals surface area (Å²) in [6.45, 7) is 0.757. The van der Waals surface area contributed by atoms with Gasteiger partial charge in [-0.1, -0.05) is 6.42 Å². The Kier molecular flexibility index (Phi) is 3.45. The van der Waals surface area contributed by atoms with Gasteiger partial charge in [-0.2, -0.15) is 0 Å². The lowest BCUT2D eigenvalue weighted by atomic mass is 10.2. The second kappa shape index (κ2) is 4.57. The van der Waals surface area contributed by atoms with Gasteiger partial charge in [-0.3, -0.25) is 4.79 Å². The molecular formula is C11H20N2O3S. The SMILES string of the molecule is CN1CCC(NC2CCCC2S(C)(=O)=O)C1=O. The average molecular weight is 260 g/mol. The quantitative estimate of drug-likeness (QED) is 0.761. The van der Waals surface area contributed by atoms with Crippen LogP contribution in [0, 0.1) is 0 Å². The Balaban J connectivity index is 2.02. The summed E-state index contributed by atoms with van der Waals surface area (Å²) >= 11 is 0. The maximum Gasteiger partial charge on any atom is 0.239 e. The Morgan fingerprint density at radius 1 is 1.29 bits per heavy atom. The van der Waals surface area contributed by atoms with Gasteiger partial charge in [-0.25, -0.2) is 8.42 Å². The van der Waals surface area contributed by atoms with Crippen LogP contribution in [0.1, 0.15) is 25.7 Å². The molecule has 0 radical (unpaired) electrons. The van der Waals surface area contributed by atoms with E-state index in [-0.39, 0.29) is 23.2 Å². The summed E-state index contributed by atoms with van der Waals surface area (Å²) in [5.41, 5.74) is 0. The molecule has 2 rings (SSSR count). The second-order valence-corrected chi connectivity index (χ2v) is 7.44. The number of nitrogens with zero attached hydrogens (tertiary/aromatic N) is 1. The lowest BCUT2D eigenvalue weighted by molar-refractivity contribution is -0.128. The molecule has 0 spiro atoms. The molecule has 1 aliphatic heterocycles. The van der Waals surface area contributed by atoms with Gasteiger partial charge < -0.3 is 10.2 Å². The highest BCUT2D eigenvalue weighted by Crippen LogP contribution is 2.26. The Labute approximate surface area is 102 Å². The zero-order valence-corrected chi connectivity index (χ0v) is 11.2. The predicted molar refractivity (Wildman–Crippen MR) is 65.4 cm³/mol. The fourth-order valence-electron chi connectivity index (χ4n) is 2.86. The minimum atomic E-state index is -3.01. The van der Waals surface area contributed by atoms with Crippen LogP contribution in [0.2, 0.25) is 0 Å². The highest BCUT2D eigenvalue weighted by molar-refractivity contribution is 7.91. The molecule has 1 aliphatic carbocycles. The first-order chi connectivity index (χ1) is 7.89. The first kappa shape index (κ1) is 12.8. The number of carbonyl (C=O) groups is 1. The maximum atomic E-state index is 11.8. The fraction of sp³-hybridized carbons (Fsp3) is 0.909. The molecule has 3 atom stereocenters. The predicted octanol–water partition coefficient (Wildman–Crippen LogP) is -0.228. The minimum Gasteiger partial charge on any atom is -0.344 e. The lowest BCUT2D eigenvalue weighted by Gasteiger charge is -2.22. The molecule has 17 heavy (non-hydrogen) atoms. The summed E-state index contributed by atoms with van der Waals surface area (Å²) in [6, 6.07) is -0.238. The van der Waals surface area contributed by atoms with E-state index in [1.807, 2.05) is 0 Å². The molecular weight excluding hydrogens is 240 g/mol. The number of hydrogen-bond acceptors (Lipinski definition) is 4. The Bertz CT molecular complexity index is 407. The number of likely N-dealkylation sites (N-methyl/N-ethyl adjacent to an activating group) is 1. The van der Waals surface area contributed by atoms with Crippen molar-refractivity contribution in [2.45, 2.75) is 43.0 Å². The second-order valence-electron chi connectivity index (χ2n) is 5.17. The van der Waals surface area contributed by atoms with Crippen molar-refractivity contribution in [2.24, 2.45) is 0 Å². The van der Waals surface area contributed by atoms with Gasteiger partial charge in [0.1, 0.15) is 0 Å². The van der Waals surface area contributed by atoms with E-state index >= 15 is 0 Å². The van der Waals surface area contributed by atoms with Gasteiger partial charge in [0.2, 0.25) is 5.91 Å². The van der Waals surface area contributed by atoms with Crippen LogP contribution in [0.25, 0.3) is 0 Å². The van der Waals surface area contributed by atoms with Crippen molar-refractivity contribution in [3.05, 3.63) is 0 Å². The fourth-order valence-corrected chi connectivity index (χ4v) is 4.27. The molecule has 0 bridgehead atoms. The number of likely N-dealkylation sites (tertiary alicyclic amines) is 1. The molecule has 1 heterocycles. The number of carbonyl (C=O) groups excluding carboxylic acids is 1. The third kappa shape index (κ3) is 2.63. The zero-order chi connectivity index (χ0) is 12.6. The molecule has 1 saturated carbocycles. The van der Waals surface area contributed by atoms with Gasteiger partial charge in [0.15, 0.2) is 9.84 Å². The molecule has 1 saturated heterocycles. The van der Waals surface area contributed by atoms with E-state index < -0.39 is 9.84 Å². The van der Waals surface area contributed by atoms with Gasteiger partial charge >= 0.3 is 0 Å². The lowest BCUT2D eigenvalue weighted by Crippen LogP contribution is -2.48. The standard InChI is InChI=1S/C11H20N2O3S/c1-13-7-6-9(11(13)14)12-8-4-3-5-10(8)17(2,15)16/h8-10,12H,3-7H2,1-2H3. The van der Waals surface area contributed by atoms with E-state index in [2.05, 4.69) is 5.32 Å². The third-order valence-electron chi connectivity index (χ3n) is 3.85. The molecule has 98 valence electrons. The van der Waals surface area contributed by atoms with Crippen molar-refractivity contribution >= 4 is 15.7 Å². The number of amides is 1. The van der Waals surface area contributed by atoms with Crippen LogP contribution in [0.15, 0.2) is 0 Å². The number of rotatable bonds is 3. The normalized spacial score (nSPS) is 34.6. The van der Waals surface area contributed by atoms with Crippen LogP contribution in [0.4, 0.5) is 0 Å². The third-order valence-corrected chi connectivity index (χ3v) is 5.51. The van der Waals surface area contributed by atoms with E-state index in [0.717, 1.165) is 25.8 Å². The van der Waals surface area contributed by atoms with Crippen LogP contribution >= 0.6 is 0 Å². The number of sulfone groups is 1. The zero-order valence-electron chi connectivity index (χ0n) is 10.3. The molecule has 1 N–H and O–H groups in total. The smallest absolute Gasteiger partial charge is 0.239 e. The van der Waals surface area contributed by atoms with Crippen molar-refractivity contribution in [3.8, 4) is 0 Å². The molecule has 0 aromatic rings. The van der Waals surface area contributed by atoms with E-state index in [4.69, 9.17) is 0 Å². The summed E-state index contributed by atoms with van der Waals surface area (Å²) in [4.78, 5) is 13.5. The van der Waals surface area contributed by atoms with E-state index in [1.54, 1.807) is 11.9 Å². The number of nitrogens with one attached hydrogen (secondary N) is 1. The van der Waals surface area contributed by atoms with E-state index in [1.165, 1.54) is 6.26 Å². The van der Waals surface area contributed by atoms with Crippen LogP contribution in [0.3, 0.4) is 0 Å². The Morgan fingerprint density at radius 3 is 2.53 bits per heavy atom. The van der Waals surface area contributed by atoms with E-state index in [9.17, 15) is 13.2 Å².